The molecule has 0 aliphatic heterocycles. The first-order chi connectivity index (χ1) is 9.10. The Hall–Kier alpha value is -1.91. The molecule has 0 saturated heterocycles. The summed E-state index contributed by atoms with van der Waals surface area (Å²) in [6.07, 6.45) is 4.84. The van der Waals surface area contributed by atoms with Crippen molar-refractivity contribution in [2.24, 2.45) is 5.92 Å². The number of nitrogens with one attached hydrogen (secondary N) is 2. The van der Waals surface area contributed by atoms with Gasteiger partial charge in [0.2, 0.25) is 11.8 Å². The number of hydrogen-bond donors (Lipinski definition) is 2. The highest BCUT2D eigenvalue weighted by Crippen LogP contribution is 2.30. The maximum Gasteiger partial charge on any atom is 0.227 e. The molecule has 1 heterocycles. The van der Waals surface area contributed by atoms with E-state index in [1.807, 2.05) is 13.8 Å². The number of nitrogens with zero attached hydrogens (tertiary/aromatic N) is 1. The number of pyridine rings is 1. The zero-order chi connectivity index (χ0) is 13.8. The molecule has 5 heteroatoms. The van der Waals surface area contributed by atoms with E-state index in [0.29, 0.717) is 17.9 Å². The van der Waals surface area contributed by atoms with E-state index in [4.69, 9.17) is 0 Å². The van der Waals surface area contributed by atoms with Gasteiger partial charge in [-0.05, 0) is 37.8 Å². The third kappa shape index (κ3) is 3.77. The molecule has 0 aromatic carbocycles. The van der Waals surface area contributed by atoms with Crippen molar-refractivity contribution in [2.75, 3.05) is 10.6 Å². The highest BCUT2D eigenvalue weighted by Gasteiger charge is 2.29. The molecule has 102 valence electrons. The van der Waals surface area contributed by atoms with Gasteiger partial charge in [-0.15, -0.1) is 0 Å². The van der Waals surface area contributed by atoms with Gasteiger partial charge in [0.15, 0.2) is 0 Å². The average molecular weight is 261 g/mol. The quantitative estimate of drug-likeness (QED) is 0.855. The second kappa shape index (κ2) is 5.82. The van der Waals surface area contributed by atoms with Crippen LogP contribution in [0.2, 0.25) is 0 Å². The van der Waals surface area contributed by atoms with E-state index in [1.54, 1.807) is 12.3 Å². The van der Waals surface area contributed by atoms with Gasteiger partial charge in [0.05, 0.1) is 11.9 Å². The molecule has 1 aliphatic carbocycles. The van der Waals surface area contributed by atoms with E-state index < -0.39 is 0 Å². The Kier molecular flexibility index (Phi) is 4.14. The van der Waals surface area contributed by atoms with Gasteiger partial charge in [-0.2, -0.15) is 0 Å². The van der Waals surface area contributed by atoms with Gasteiger partial charge < -0.3 is 10.6 Å². The lowest BCUT2D eigenvalue weighted by molar-refractivity contribution is -0.117. The molecule has 0 spiro atoms. The van der Waals surface area contributed by atoms with Crippen LogP contribution in [0.3, 0.4) is 0 Å². The Bertz CT molecular complexity index is 495. The van der Waals surface area contributed by atoms with Crippen molar-refractivity contribution < 1.29 is 9.59 Å². The molecular weight excluding hydrogens is 242 g/mol. The molecule has 2 N–H and O–H groups in total. The van der Waals surface area contributed by atoms with Crippen LogP contribution >= 0.6 is 0 Å². The summed E-state index contributed by atoms with van der Waals surface area (Å²) in [4.78, 5) is 27.3. The predicted octanol–water partition coefficient (Wildman–Crippen LogP) is 2.48. The number of carbonyl (C=O) groups is 2. The highest BCUT2D eigenvalue weighted by molar-refractivity contribution is 5.95. The monoisotopic (exact) mass is 261 g/mol. The fourth-order valence-electron chi connectivity index (χ4n) is 1.77. The molecule has 0 atom stereocenters. The third-order valence-corrected chi connectivity index (χ3v) is 3.06. The molecule has 0 bridgehead atoms. The minimum absolute atomic E-state index is 0.0378. The largest absolute Gasteiger partial charge is 0.324 e. The van der Waals surface area contributed by atoms with Crippen molar-refractivity contribution in [1.29, 1.82) is 0 Å². The topological polar surface area (TPSA) is 71.1 Å². The fourth-order valence-corrected chi connectivity index (χ4v) is 1.77. The van der Waals surface area contributed by atoms with E-state index in [9.17, 15) is 9.59 Å². The van der Waals surface area contributed by atoms with E-state index >= 15 is 0 Å². The van der Waals surface area contributed by atoms with E-state index in [-0.39, 0.29) is 17.7 Å². The number of rotatable bonds is 5. The van der Waals surface area contributed by atoms with Crippen LogP contribution in [-0.2, 0) is 9.59 Å². The molecule has 0 radical (unpaired) electrons. The van der Waals surface area contributed by atoms with Crippen molar-refractivity contribution in [2.45, 2.75) is 39.5 Å². The second-order valence-corrected chi connectivity index (χ2v) is 4.95. The van der Waals surface area contributed by atoms with Crippen molar-refractivity contribution >= 4 is 23.3 Å². The number of amides is 2. The standard InChI is InChI=1S/C14H19N3O2/c1-3-4-13(18)17-12-7-9(2)11(8-15-12)16-14(19)10-5-6-10/h7-8,10H,3-6H2,1-2H3,(H,16,19)(H,15,17,18). The summed E-state index contributed by atoms with van der Waals surface area (Å²) in [6.45, 7) is 3.84. The average Bonchev–Trinajstić information content (AvgIpc) is 3.16. The van der Waals surface area contributed by atoms with Crippen molar-refractivity contribution in [3.63, 3.8) is 0 Å². The van der Waals surface area contributed by atoms with Crippen LogP contribution in [0, 0.1) is 12.8 Å². The zero-order valence-corrected chi connectivity index (χ0v) is 11.3. The summed E-state index contributed by atoms with van der Waals surface area (Å²) >= 11 is 0. The Morgan fingerprint density at radius 1 is 1.37 bits per heavy atom. The molecule has 1 aromatic rings. The van der Waals surface area contributed by atoms with Gasteiger partial charge in [-0.25, -0.2) is 4.98 Å². The van der Waals surface area contributed by atoms with E-state index in [0.717, 1.165) is 24.8 Å². The molecular formula is C14H19N3O2. The van der Waals surface area contributed by atoms with Crippen molar-refractivity contribution in [1.82, 2.24) is 4.98 Å². The molecule has 2 amide bonds. The number of anilines is 2. The first-order valence-electron chi connectivity index (χ1n) is 6.67. The van der Waals surface area contributed by atoms with Crippen LogP contribution in [0.1, 0.15) is 38.2 Å². The number of aromatic nitrogens is 1. The van der Waals surface area contributed by atoms with Crippen LogP contribution < -0.4 is 10.6 Å². The Morgan fingerprint density at radius 2 is 2.11 bits per heavy atom. The molecule has 0 unspecified atom stereocenters. The summed E-state index contributed by atoms with van der Waals surface area (Å²) < 4.78 is 0. The zero-order valence-electron chi connectivity index (χ0n) is 11.3. The summed E-state index contributed by atoms with van der Waals surface area (Å²) in [5.41, 5.74) is 1.61. The maximum absolute atomic E-state index is 11.7. The van der Waals surface area contributed by atoms with E-state index in [2.05, 4.69) is 15.6 Å². The third-order valence-electron chi connectivity index (χ3n) is 3.06. The van der Waals surface area contributed by atoms with Gasteiger partial charge >= 0.3 is 0 Å². The normalized spacial score (nSPS) is 14.0. The summed E-state index contributed by atoms with van der Waals surface area (Å²) in [7, 11) is 0. The molecule has 1 aromatic heterocycles. The van der Waals surface area contributed by atoms with Crippen LogP contribution in [0.4, 0.5) is 11.5 Å². The fraction of sp³-hybridized carbons (Fsp3) is 0.500. The Morgan fingerprint density at radius 3 is 2.68 bits per heavy atom. The SMILES string of the molecule is CCCC(=O)Nc1cc(C)c(NC(=O)C2CC2)cn1. The van der Waals surface area contributed by atoms with Crippen molar-refractivity contribution in [3.05, 3.63) is 17.8 Å². The smallest absolute Gasteiger partial charge is 0.227 e. The maximum atomic E-state index is 11.7. The molecule has 19 heavy (non-hydrogen) atoms. The van der Waals surface area contributed by atoms with Crippen LogP contribution in [0.15, 0.2) is 12.3 Å². The predicted molar refractivity (Wildman–Crippen MR) is 73.9 cm³/mol. The minimum atomic E-state index is -0.0378. The lowest BCUT2D eigenvalue weighted by Gasteiger charge is -2.10. The first kappa shape index (κ1) is 13.5. The van der Waals surface area contributed by atoms with Crippen LogP contribution in [0.25, 0.3) is 0 Å². The van der Waals surface area contributed by atoms with Crippen LogP contribution in [0.5, 0.6) is 0 Å². The number of hydrogen-bond acceptors (Lipinski definition) is 3. The Balaban J connectivity index is 1.99. The summed E-state index contributed by atoms with van der Waals surface area (Å²) in [5, 5.41) is 5.60. The molecule has 1 fully saturated rings. The highest BCUT2D eigenvalue weighted by atomic mass is 16.2. The molecule has 1 saturated carbocycles. The molecule has 2 rings (SSSR count). The van der Waals surface area contributed by atoms with Gasteiger partial charge in [0.1, 0.15) is 5.82 Å². The number of aryl methyl sites for hydroxylation is 1. The van der Waals surface area contributed by atoms with Crippen molar-refractivity contribution in [3.8, 4) is 0 Å². The molecule has 5 nitrogen and oxygen atoms in total. The van der Waals surface area contributed by atoms with Gasteiger partial charge in [-0.1, -0.05) is 6.92 Å². The summed E-state index contributed by atoms with van der Waals surface area (Å²) in [6, 6.07) is 1.77. The lowest BCUT2D eigenvalue weighted by atomic mass is 10.2. The second-order valence-electron chi connectivity index (χ2n) is 4.95. The van der Waals surface area contributed by atoms with Crippen LogP contribution in [-0.4, -0.2) is 16.8 Å². The number of carbonyl (C=O) groups excluding carboxylic acids is 2. The Labute approximate surface area is 112 Å². The van der Waals surface area contributed by atoms with Gasteiger partial charge in [-0.3, -0.25) is 9.59 Å². The van der Waals surface area contributed by atoms with E-state index in [1.165, 1.54) is 0 Å². The lowest BCUT2D eigenvalue weighted by Crippen LogP contribution is -2.15. The minimum Gasteiger partial charge on any atom is -0.324 e. The van der Waals surface area contributed by atoms with Gasteiger partial charge in [0.25, 0.3) is 0 Å². The first-order valence-corrected chi connectivity index (χ1v) is 6.67. The summed E-state index contributed by atoms with van der Waals surface area (Å²) in [5.74, 6) is 0.723. The molecule has 1 aliphatic rings. The van der Waals surface area contributed by atoms with Gasteiger partial charge in [0, 0.05) is 12.3 Å².